The number of imidazole rings is 1. The van der Waals surface area contributed by atoms with Crippen LogP contribution in [0.2, 0.25) is 0 Å². The highest BCUT2D eigenvalue weighted by molar-refractivity contribution is 5.98. The number of H-pyrrole nitrogens is 2. The predicted octanol–water partition coefficient (Wildman–Crippen LogP) is 5.43. The van der Waals surface area contributed by atoms with Crippen LogP contribution in [0, 0.1) is 5.82 Å². The smallest absolute Gasteiger partial charge is 0.159 e. The fourth-order valence-corrected chi connectivity index (χ4v) is 4.43. The fraction of sp³-hybridized carbons (Fsp3) is 0.111. The van der Waals surface area contributed by atoms with Crippen molar-refractivity contribution in [2.24, 2.45) is 0 Å². The average molecular weight is 464 g/mol. The van der Waals surface area contributed by atoms with Crippen LogP contribution in [0.1, 0.15) is 5.56 Å². The summed E-state index contributed by atoms with van der Waals surface area (Å²) >= 11 is 0. The molecule has 0 aliphatic heterocycles. The standard InChI is InChI=1S/C27H22FN7/c1-35(2)15-16-8-19(10-20(28)9-16)22-13-30-14-24-25(22)32-27(31-24)26-21-11-17(5-6-23(21)33-34-26)18-4-3-7-29-12-18/h3-14H,15H2,1-2H3,(H,31,32)(H,33,34). The number of pyridine rings is 2. The molecule has 4 aromatic heterocycles. The van der Waals surface area contributed by atoms with E-state index in [9.17, 15) is 4.39 Å². The SMILES string of the molecule is CN(C)Cc1cc(F)cc(-c2cncc3[nH]c(-c4n[nH]c5ccc(-c6cccnc6)cc45)nc23)c1. The lowest BCUT2D eigenvalue weighted by molar-refractivity contribution is 0.401. The minimum absolute atomic E-state index is 0.284. The van der Waals surface area contributed by atoms with Gasteiger partial charge < -0.3 is 9.88 Å². The normalized spacial score (nSPS) is 11.7. The Kier molecular flexibility index (Phi) is 5.08. The van der Waals surface area contributed by atoms with Crippen LogP contribution >= 0.6 is 0 Å². The van der Waals surface area contributed by atoms with E-state index < -0.39 is 0 Å². The summed E-state index contributed by atoms with van der Waals surface area (Å²) in [5, 5.41) is 8.58. The summed E-state index contributed by atoms with van der Waals surface area (Å²) in [5.41, 5.74) is 7.55. The first kappa shape index (κ1) is 21.1. The van der Waals surface area contributed by atoms with Gasteiger partial charge in [0.25, 0.3) is 0 Å². The number of aromatic amines is 2. The second-order valence-electron chi connectivity index (χ2n) is 8.83. The van der Waals surface area contributed by atoms with Crippen LogP contribution in [-0.4, -0.2) is 49.1 Å². The Morgan fingerprint density at radius 1 is 0.886 bits per heavy atom. The molecule has 6 rings (SSSR count). The molecule has 0 amide bonds. The fourth-order valence-electron chi connectivity index (χ4n) is 4.43. The maximum absolute atomic E-state index is 14.5. The van der Waals surface area contributed by atoms with Gasteiger partial charge in [0.05, 0.1) is 22.7 Å². The van der Waals surface area contributed by atoms with Gasteiger partial charge in [-0.05, 0) is 67.2 Å². The molecule has 6 aromatic rings. The van der Waals surface area contributed by atoms with Crippen molar-refractivity contribution in [1.29, 1.82) is 0 Å². The van der Waals surface area contributed by atoms with E-state index in [-0.39, 0.29) is 5.82 Å². The van der Waals surface area contributed by atoms with E-state index in [1.807, 2.05) is 55.5 Å². The molecule has 7 nitrogen and oxygen atoms in total. The van der Waals surface area contributed by atoms with E-state index in [4.69, 9.17) is 4.98 Å². The minimum Gasteiger partial charge on any atom is -0.335 e. The second-order valence-corrected chi connectivity index (χ2v) is 8.83. The monoisotopic (exact) mass is 463 g/mol. The molecule has 0 saturated carbocycles. The number of hydrogen-bond donors (Lipinski definition) is 2. The van der Waals surface area contributed by atoms with Crippen LogP contribution in [0.5, 0.6) is 0 Å². The highest BCUT2D eigenvalue weighted by atomic mass is 19.1. The number of fused-ring (bicyclic) bond motifs is 2. The first-order chi connectivity index (χ1) is 17.0. The van der Waals surface area contributed by atoms with Crippen molar-refractivity contribution in [3.8, 4) is 33.8 Å². The van der Waals surface area contributed by atoms with Crippen molar-refractivity contribution in [3.05, 3.63) is 84.7 Å². The molecule has 2 N–H and O–H groups in total. The van der Waals surface area contributed by atoms with Crippen molar-refractivity contribution >= 4 is 21.9 Å². The van der Waals surface area contributed by atoms with Crippen LogP contribution < -0.4 is 0 Å². The zero-order valence-corrected chi connectivity index (χ0v) is 19.2. The highest BCUT2D eigenvalue weighted by Crippen LogP contribution is 2.33. The maximum atomic E-state index is 14.5. The third-order valence-corrected chi connectivity index (χ3v) is 5.94. The molecule has 0 aliphatic rings. The minimum atomic E-state index is -0.284. The number of halogens is 1. The Hall–Kier alpha value is -4.43. The topological polar surface area (TPSA) is 86.4 Å². The molecule has 4 heterocycles. The Bertz CT molecular complexity index is 1670. The Morgan fingerprint density at radius 2 is 1.80 bits per heavy atom. The summed E-state index contributed by atoms with van der Waals surface area (Å²) in [5.74, 6) is 0.335. The number of aromatic nitrogens is 6. The predicted molar refractivity (Wildman–Crippen MR) is 135 cm³/mol. The number of nitrogens with zero attached hydrogens (tertiary/aromatic N) is 5. The van der Waals surface area contributed by atoms with Crippen molar-refractivity contribution in [2.75, 3.05) is 14.1 Å². The molecule has 0 bridgehead atoms. The van der Waals surface area contributed by atoms with E-state index in [0.29, 0.717) is 18.1 Å². The average Bonchev–Trinajstić information content (AvgIpc) is 3.47. The quantitative estimate of drug-likeness (QED) is 0.356. The summed E-state index contributed by atoms with van der Waals surface area (Å²) in [6.07, 6.45) is 7.05. The maximum Gasteiger partial charge on any atom is 0.159 e. The Morgan fingerprint density at radius 3 is 2.63 bits per heavy atom. The number of hydrogen-bond acceptors (Lipinski definition) is 5. The van der Waals surface area contributed by atoms with Crippen LogP contribution in [0.25, 0.3) is 55.7 Å². The summed E-state index contributed by atoms with van der Waals surface area (Å²) in [7, 11) is 3.92. The van der Waals surface area contributed by atoms with Gasteiger partial charge in [-0.3, -0.25) is 15.1 Å². The lowest BCUT2D eigenvalue weighted by atomic mass is 10.0. The molecular formula is C27H22FN7. The molecule has 172 valence electrons. The number of benzene rings is 2. The van der Waals surface area contributed by atoms with Crippen molar-refractivity contribution in [3.63, 3.8) is 0 Å². The Labute approximate surface area is 200 Å². The van der Waals surface area contributed by atoms with Gasteiger partial charge in [0, 0.05) is 41.6 Å². The van der Waals surface area contributed by atoms with Gasteiger partial charge in [-0.15, -0.1) is 0 Å². The van der Waals surface area contributed by atoms with E-state index >= 15 is 0 Å². The van der Waals surface area contributed by atoms with Gasteiger partial charge in [0.1, 0.15) is 11.5 Å². The molecule has 0 spiro atoms. The summed E-state index contributed by atoms with van der Waals surface area (Å²) in [6.45, 7) is 0.637. The molecule has 35 heavy (non-hydrogen) atoms. The first-order valence-electron chi connectivity index (χ1n) is 11.2. The highest BCUT2D eigenvalue weighted by Gasteiger charge is 2.17. The van der Waals surface area contributed by atoms with Crippen molar-refractivity contribution in [1.82, 2.24) is 35.0 Å². The number of nitrogens with one attached hydrogen (secondary N) is 2. The Balaban J connectivity index is 1.47. The summed E-state index contributed by atoms with van der Waals surface area (Å²) in [6, 6.07) is 15.1. The van der Waals surface area contributed by atoms with Crippen molar-refractivity contribution < 1.29 is 4.39 Å². The molecule has 0 atom stereocenters. The van der Waals surface area contributed by atoms with Gasteiger partial charge in [-0.1, -0.05) is 12.1 Å². The molecule has 0 fully saturated rings. The molecule has 0 radical (unpaired) electrons. The van der Waals surface area contributed by atoms with E-state index in [1.165, 1.54) is 6.07 Å². The van der Waals surface area contributed by atoms with Crippen molar-refractivity contribution in [2.45, 2.75) is 6.54 Å². The van der Waals surface area contributed by atoms with E-state index in [1.54, 1.807) is 24.7 Å². The molecule has 0 aliphatic carbocycles. The van der Waals surface area contributed by atoms with E-state index in [2.05, 4.69) is 31.2 Å². The van der Waals surface area contributed by atoms with Crippen LogP contribution in [0.15, 0.2) is 73.3 Å². The molecule has 8 heteroatoms. The van der Waals surface area contributed by atoms with Gasteiger partial charge in [-0.2, -0.15) is 5.10 Å². The van der Waals surface area contributed by atoms with Gasteiger partial charge in [0.2, 0.25) is 0 Å². The molecular weight excluding hydrogens is 441 g/mol. The van der Waals surface area contributed by atoms with Crippen LogP contribution in [0.3, 0.4) is 0 Å². The zero-order chi connectivity index (χ0) is 23.9. The zero-order valence-electron chi connectivity index (χ0n) is 19.2. The lowest BCUT2D eigenvalue weighted by Crippen LogP contribution is -2.10. The number of rotatable bonds is 5. The van der Waals surface area contributed by atoms with Gasteiger partial charge in [-0.25, -0.2) is 9.37 Å². The molecule has 0 unspecified atom stereocenters. The lowest BCUT2D eigenvalue weighted by Gasteiger charge is -2.11. The van der Waals surface area contributed by atoms with Crippen LogP contribution in [-0.2, 0) is 6.54 Å². The molecule has 2 aromatic carbocycles. The van der Waals surface area contributed by atoms with E-state index in [0.717, 1.165) is 49.8 Å². The third kappa shape index (κ3) is 3.94. The third-order valence-electron chi connectivity index (χ3n) is 5.94. The summed E-state index contributed by atoms with van der Waals surface area (Å²) < 4.78 is 14.5. The van der Waals surface area contributed by atoms with Gasteiger partial charge >= 0.3 is 0 Å². The second kappa shape index (κ2) is 8.41. The van der Waals surface area contributed by atoms with Crippen LogP contribution in [0.4, 0.5) is 4.39 Å². The first-order valence-corrected chi connectivity index (χ1v) is 11.2. The largest absolute Gasteiger partial charge is 0.335 e. The molecule has 0 saturated heterocycles. The summed E-state index contributed by atoms with van der Waals surface area (Å²) in [4.78, 5) is 18.8. The van der Waals surface area contributed by atoms with Gasteiger partial charge in [0.15, 0.2) is 5.82 Å².